The summed E-state index contributed by atoms with van der Waals surface area (Å²) in [6.07, 6.45) is 0. The summed E-state index contributed by atoms with van der Waals surface area (Å²) in [6, 6.07) is 0. The molecule has 0 heterocycles. The Morgan fingerprint density at radius 3 is 1.25 bits per heavy atom. The van der Waals surface area contributed by atoms with Gasteiger partial charge in [-0.05, 0) is 0 Å². The van der Waals surface area contributed by atoms with Gasteiger partial charge in [-0.15, -0.1) is 0 Å². The molecule has 0 N–H and O–H groups in total. The molecule has 0 aromatic heterocycles. The monoisotopic (exact) mass is 516 g/mol. The largest absolute Gasteiger partial charge is 0 e. The molecule has 0 aromatic rings. The van der Waals surface area contributed by atoms with Crippen molar-refractivity contribution in [3.8, 4) is 0 Å². The first-order valence-electron chi connectivity index (χ1n) is 0.141. The SMILES string of the molecule is [Nb].[Ni][Ta].[W]. The van der Waals surface area contributed by atoms with Crippen LogP contribution in [0.3, 0.4) is 0 Å². The first-order chi connectivity index (χ1) is 1.00. The summed E-state index contributed by atoms with van der Waals surface area (Å²) in [5.41, 5.74) is 0. The van der Waals surface area contributed by atoms with Crippen molar-refractivity contribution in [2.24, 2.45) is 0 Å². The van der Waals surface area contributed by atoms with E-state index in [-0.39, 0.29) is 43.4 Å². The van der Waals surface area contributed by atoms with Crippen molar-refractivity contribution < 1.29 is 75.1 Å². The van der Waals surface area contributed by atoms with E-state index < -0.39 is 0 Å². The molecule has 0 spiro atoms. The normalized spacial score (nSPS) is 1.50. The van der Waals surface area contributed by atoms with E-state index in [1.165, 1.54) is 0 Å². The van der Waals surface area contributed by atoms with Gasteiger partial charge in [-0.2, -0.15) is 0 Å². The molecule has 0 atom stereocenters. The summed E-state index contributed by atoms with van der Waals surface area (Å²) in [7, 11) is 0. The zero-order valence-corrected chi connectivity index (χ0v) is 11.0. The average molecular weight is 516 g/mol. The van der Waals surface area contributed by atoms with Gasteiger partial charge >= 0.3 is 31.7 Å². The summed E-state index contributed by atoms with van der Waals surface area (Å²) < 4.78 is 0. The van der Waals surface area contributed by atoms with Gasteiger partial charge in [-0.3, -0.25) is 0 Å². The van der Waals surface area contributed by atoms with Gasteiger partial charge in [0.15, 0.2) is 0 Å². The third-order valence-electron chi connectivity index (χ3n) is 0. The quantitative estimate of drug-likeness (QED) is 0.398. The predicted molar refractivity (Wildman–Crippen MR) is 0 cm³/mol. The summed E-state index contributed by atoms with van der Waals surface area (Å²) in [5.74, 6) is 0. The van der Waals surface area contributed by atoms with E-state index in [2.05, 4.69) is 12.6 Å². The van der Waals surface area contributed by atoms with Gasteiger partial charge in [-0.1, -0.05) is 0 Å². The van der Waals surface area contributed by atoms with Gasteiger partial charge in [0.1, 0.15) is 0 Å². The minimum Gasteiger partial charge on any atom is 0 e. The van der Waals surface area contributed by atoms with Crippen LogP contribution >= 0.6 is 0 Å². The fourth-order valence-electron chi connectivity index (χ4n) is 0. The molecular formula is NbNiTaW. The molecule has 0 saturated heterocycles. The van der Waals surface area contributed by atoms with Crippen molar-refractivity contribution in [1.82, 2.24) is 0 Å². The zero-order chi connectivity index (χ0) is 2.00. The molecule has 1 radical (unpaired) electrons. The van der Waals surface area contributed by atoms with Crippen molar-refractivity contribution in [3.63, 3.8) is 0 Å². The van der Waals surface area contributed by atoms with Crippen LogP contribution in [0.15, 0.2) is 0 Å². The van der Waals surface area contributed by atoms with Gasteiger partial charge in [0.05, 0.1) is 0 Å². The third kappa shape index (κ3) is 8.82. The van der Waals surface area contributed by atoms with Crippen LogP contribution in [-0.4, -0.2) is 0 Å². The van der Waals surface area contributed by atoms with Gasteiger partial charge in [0.25, 0.3) is 0 Å². The van der Waals surface area contributed by atoms with E-state index in [9.17, 15) is 0 Å². The molecule has 0 nitrogen and oxygen atoms in total. The molecule has 0 unspecified atom stereocenters. The fraction of sp³-hybridized carbons (Fsp3) is 0. The van der Waals surface area contributed by atoms with Gasteiger partial charge in [0.2, 0.25) is 0 Å². The van der Waals surface area contributed by atoms with Crippen molar-refractivity contribution in [1.29, 1.82) is 0 Å². The van der Waals surface area contributed by atoms with Crippen LogP contribution in [0.25, 0.3) is 0 Å². The summed E-state index contributed by atoms with van der Waals surface area (Å²) in [4.78, 5) is 0. The standard InChI is InChI=1S/Nb.Ni.Ta.W. The van der Waals surface area contributed by atoms with Crippen LogP contribution in [0.5, 0.6) is 0 Å². The number of hydrogen-bond donors (Lipinski definition) is 0. The average Bonchev–Trinajstić information content (AvgIpc) is 1.00. The van der Waals surface area contributed by atoms with E-state index >= 15 is 0 Å². The van der Waals surface area contributed by atoms with Crippen molar-refractivity contribution in [3.05, 3.63) is 0 Å². The predicted octanol–water partition coefficient (Wildman–Crippen LogP) is -0.0100. The molecule has 0 aliphatic carbocycles. The second-order valence-electron chi connectivity index (χ2n) is 0. The van der Waals surface area contributed by atoms with Crippen LogP contribution in [0.4, 0.5) is 0 Å². The maximum absolute atomic E-state index is 3.99. The van der Waals surface area contributed by atoms with Crippen LogP contribution in [-0.2, 0) is 75.1 Å². The van der Waals surface area contributed by atoms with Crippen molar-refractivity contribution in [2.45, 2.75) is 0 Å². The van der Waals surface area contributed by atoms with Crippen LogP contribution in [0, 0.1) is 0 Å². The minimum atomic E-state index is 0. The molecular weight excluding hydrogens is 516 g/mol. The molecule has 0 rings (SSSR count). The molecule has 4 heteroatoms. The number of hydrogen-bond acceptors (Lipinski definition) is 0. The van der Waals surface area contributed by atoms with E-state index in [1.807, 2.05) is 0 Å². The molecule has 0 bridgehead atoms. The Bertz CT molecular complexity index is 8.00. The van der Waals surface area contributed by atoms with E-state index in [4.69, 9.17) is 0 Å². The van der Waals surface area contributed by atoms with E-state index in [0.717, 1.165) is 19.0 Å². The third-order valence-corrected chi connectivity index (χ3v) is 0. The van der Waals surface area contributed by atoms with Crippen LogP contribution in [0.2, 0.25) is 0 Å². The summed E-state index contributed by atoms with van der Waals surface area (Å²) in [5, 5.41) is 0. The maximum Gasteiger partial charge on any atom is 0 e. The molecule has 0 fully saturated rings. The Balaban J connectivity index is -0.00000000500. The Morgan fingerprint density at radius 2 is 1.25 bits per heavy atom. The Labute approximate surface area is 73.9 Å². The molecule has 4 heavy (non-hydrogen) atoms. The second-order valence-corrected chi connectivity index (χ2v) is 0. The molecule has 0 aliphatic heterocycles. The maximum atomic E-state index is 3.99. The van der Waals surface area contributed by atoms with E-state index in [0.29, 0.717) is 0 Å². The van der Waals surface area contributed by atoms with Gasteiger partial charge in [-0.25, -0.2) is 0 Å². The van der Waals surface area contributed by atoms with E-state index in [1.54, 1.807) is 0 Å². The molecule has 0 amide bonds. The molecule has 0 saturated carbocycles. The van der Waals surface area contributed by atoms with Crippen molar-refractivity contribution in [2.75, 3.05) is 0 Å². The van der Waals surface area contributed by atoms with Gasteiger partial charge < -0.3 is 0 Å². The van der Waals surface area contributed by atoms with Gasteiger partial charge in [0, 0.05) is 43.4 Å². The van der Waals surface area contributed by atoms with Crippen molar-refractivity contribution >= 4 is 0 Å². The molecule has 26 valence electrons. The first kappa shape index (κ1) is 15.9. The number of rotatable bonds is 0. The topological polar surface area (TPSA) is 0 Å². The molecule has 0 aromatic carbocycles. The smallest absolute Gasteiger partial charge is 0 e. The zero-order valence-electron chi connectivity index (χ0n) is 1.62. The molecule has 0 aliphatic rings. The fourth-order valence-corrected chi connectivity index (χ4v) is 0. The summed E-state index contributed by atoms with van der Waals surface area (Å²) >= 11 is 5.06. The minimum absolute atomic E-state index is 0. The Morgan fingerprint density at radius 1 is 1.25 bits per heavy atom. The Kier molecular flexibility index (Phi) is 69.1. The Hall–Kier alpha value is 2.66. The van der Waals surface area contributed by atoms with Crippen LogP contribution in [0.1, 0.15) is 0 Å². The summed E-state index contributed by atoms with van der Waals surface area (Å²) in [6.45, 7) is 0. The first-order valence-corrected chi connectivity index (χ1v) is 4.77. The van der Waals surface area contributed by atoms with Crippen LogP contribution < -0.4 is 0 Å². The second kappa shape index (κ2) is 17.4.